The Morgan fingerprint density at radius 2 is 2.50 bits per heavy atom. The van der Waals surface area contributed by atoms with Crippen molar-refractivity contribution in [2.24, 2.45) is 5.73 Å². The first-order valence-electron chi connectivity index (χ1n) is 4.60. The van der Waals surface area contributed by atoms with Crippen LogP contribution in [0.2, 0.25) is 0 Å². The van der Waals surface area contributed by atoms with Crippen molar-refractivity contribution < 1.29 is 4.79 Å². The molecule has 1 atom stereocenters. The Bertz CT molecular complexity index is 292. The van der Waals surface area contributed by atoms with Crippen molar-refractivity contribution in [1.29, 1.82) is 0 Å². The molecule has 0 saturated carbocycles. The van der Waals surface area contributed by atoms with E-state index in [4.69, 9.17) is 5.73 Å². The summed E-state index contributed by atoms with van der Waals surface area (Å²) in [5.41, 5.74) is 5.84. The molecule has 0 radical (unpaired) electrons. The van der Waals surface area contributed by atoms with Crippen LogP contribution in [0.5, 0.6) is 0 Å². The molecule has 78 valence electrons. The molecule has 0 bridgehead atoms. The van der Waals surface area contributed by atoms with Gasteiger partial charge in [0.25, 0.3) is 0 Å². The minimum atomic E-state index is -0.792. The molecule has 4 N–H and O–H groups in total. The summed E-state index contributed by atoms with van der Waals surface area (Å²) in [6.07, 6.45) is 3.85. The second-order valence-electron chi connectivity index (χ2n) is 3.53. The van der Waals surface area contributed by atoms with E-state index in [1.54, 1.807) is 19.4 Å². The summed E-state index contributed by atoms with van der Waals surface area (Å²) >= 11 is 0. The molecule has 1 heterocycles. The zero-order valence-corrected chi connectivity index (χ0v) is 8.50. The number of imidazole rings is 1. The number of amides is 1. The molecule has 5 nitrogen and oxygen atoms in total. The largest absolute Gasteiger partial charge is 0.349 e. The quantitative estimate of drug-likeness (QED) is 0.641. The van der Waals surface area contributed by atoms with Crippen LogP contribution in [0.25, 0.3) is 0 Å². The minimum Gasteiger partial charge on any atom is -0.349 e. The second kappa shape index (κ2) is 4.23. The number of nitrogens with one attached hydrogen (secondary N) is 2. The van der Waals surface area contributed by atoms with Gasteiger partial charge in [-0.05, 0) is 13.3 Å². The van der Waals surface area contributed by atoms with Crippen LogP contribution in [-0.2, 0) is 11.3 Å². The Morgan fingerprint density at radius 3 is 3.00 bits per heavy atom. The van der Waals surface area contributed by atoms with Gasteiger partial charge in [0.2, 0.25) is 5.91 Å². The summed E-state index contributed by atoms with van der Waals surface area (Å²) in [6, 6.07) is 0. The topological polar surface area (TPSA) is 83.8 Å². The first kappa shape index (κ1) is 10.7. The molecule has 1 rings (SSSR count). The van der Waals surface area contributed by atoms with E-state index < -0.39 is 5.54 Å². The predicted octanol–water partition coefficient (Wildman–Crippen LogP) is 0.153. The lowest BCUT2D eigenvalue weighted by atomic mass is 10.00. The summed E-state index contributed by atoms with van der Waals surface area (Å²) in [5, 5.41) is 2.74. The van der Waals surface area contributed by atoms with Gasteiger partial charge in [-0.2, -0.15) is 0 Å². The number of nitrogens with two attached hydrogens (primary N) is 1. The molecular formula is C9H16N4O. The van der Waals surface area contributed by atoms with E-state index in [1.807, 2.05) is 6.92 Å². The molecule has 0 aliphatic rings. The van der Waals surface area contributed by atoms with Crippen LogP contribution < -0.4 is 11.1 Å². The fourth-order valence-electron chi connectivity index (χ4n) is 0.919. The van der Waals surface area contributed by atoms with Crippen molar-refractivity contribution in [2.75, 3.05) is 0 Å². The van der Waals surface area contributed by atoms with Crippen molar-refractivity contribution >= 4 is 5.91 Å². The Morgan fingerprint density at radius 1 is 1.79 bits per heavy atom. The number of rotatable bonds is 4. The molecule has 0 saturated heterocycles. The molecule has 0 fully saturated rings. The molecule has 0 aliphatic carbocycles. The molecule has 0 aromatic carbocycles. The van der Waals surface area contributed by atoms with E-state index in [1.165, 1.54) is 0 Å². The average Bonchev–Trinajstić information content (AvgIpc) is 2.66. The monoisotopic (exact) mass is 196 g/mol. The molecular weight excluding hydrogens is 180 g/mol. The van der Waals surface area contributed by atoms with Crippen molar-refractivity contribution in [3.63, 3.8) is 0 Å². The lowest BCUT2D eigenvalue weighted by Gasteiger charge is -2.21. The molecule has 0 aliphatic heterocycles. The van der Waals surface area contributed by atoms with E-state index in [0.717, 1.165) is 5.69 Å². The van der Waals surface area contributed by atoms with E-state index >= 15 is 0 Å². The SMILES string of the molecule is CCC(C)(N)C(=O)NCc1cnc[nH]1. The van der Waals surface area contributed by atoms with Gasteiger partial charge in [-0.3, -0.25) is 4.79 Å². The van der Waals surface area contributed by atoms with Crippen LogP contribution >= 0.6 is 0 Å². The number of hydrogen-bond donors (Lipinski definition) is 3. The highest BCUT2D eigenvalue weighted by Crippen LogP contribution is 2.04. The van der Waals surface area contributed by atoms with Gasteiger partial charge in [-0.25, -0.2) is 4.98 Å². The lowest BCUT2D eigenvalue weighted by molar-refractivity contribution is -0.126. The number of carbonyl (C=O) groups excluding carboxylic acids is 1. The van der Waals surface area contributed by atoms with Gasteiger partial charge in [-0.1, -0.05) is 6.92 Å². The number of nitrogens with zero attached hydrogens (tertiary/aromatic N) is 1. The minimum absolute atomic E-state index is 0.144. The van der Waals surface area contributed by atoms with Gasteiger partial charge in [0, 0.05) is 6.20 Å². The third-order valence-electron chi connectivity index (χ3n) is 2.25. The molecule has 1 aromatic rings. The number of carbonyl (C=O) groups is 1. The second-order valence-corrected chi connectivity index (χ2v) is 3.53. The molecule has 1 unspecified atom stereocenters. The highest BCUT2D eigenvalue weighted by molar-refractivity contribution is 5.85. The van der Waals surface area contributed by atoms with Crippen LogP contribution in [0, 0.1) is 0 Å². The Hall–Kier alpha value is -1.36. The molecule has 0 spiro atoms. The smallest absolute Gasteiger partial charge is 0.240 e. The number of hydrogen-bond acceptors (Lipinski definition) is 3. The summed E-state index contributed by atoms with van der Waals surface area (Å²) < 4.78 is 0. The lowest BCUT2D eigenvalue weighted by Crippen LogP contribution is -2.50. The van der Waals surface area contributed by atoms with Crippen molar-refractivity contribution in [2.45, 2.75) is 32.4 Å². The highest BCUT2D eigenvalue weighted by Gasteiger charge is 2.25. The van der Waals surface area contributed by atoms with Gasteiger partial charge in [-0.15, -0.1) is 0 Å². The number of aromatic nitrogens is 2. The summed E-state index contributed by atoms with van der Waals surface area (Å²) in [6.45, 7) is 4.04. The van der Waals surface area contributed by atoms with Crippen LogP contribution in [0.3, 0.4) is 0 Å². The van der Waals surface area contributed by atoms with E-state index in [9.17, 15) is 4.79 Å². The van der Waals surface area contributed by atoms with E-state index in [-0.39, 0.29) is 5.91 Å². The van der Waals surface area contributed by atoms with Gasteiger partial charge >= 0.3 is 0 Å². The van der Waals surface area contributed by atoms with Crippen LogP contribution in [0.1, 0.15) is 26.0 Å². The highest BCUT2D eigenvalue weighted by atomic mass is 16.2. The zero-order chi connectivity index (χ0) is 10.6. The van der Waals surface area contributed by atoms with E-state index in [2.05, 4.69) is 15.3 Å². The third kappa shape index (κ3) is 2.56. The Labute approximate surface area is 83.1 Å². The first-order valence-corrected chi connectivity index (χ1v) is 4.60. The van der Waals surface area contributed by atoms with Crippen LogP contribution in [0.15, 0.2) is 12.5 Å². The van der Waals surface area contributed by atoms with Crippen molar-refractivity contribution in [3.8, 4) is 0 Å². The normalized spacial score (nSPS) is 14.8. The van der Waals surface area contributed by atoms with E-state index in [0.29, 0.717) is 13.0 Å². The zero-order valence-electron chi connectivity index (χ0n) is 8.50. The molecule has 1 aromatic heterocycles. The van der Waals surface area contributed by atoms with Gasteiger partial charge < -0.3 is 16.0 Å². The molecule has 5 heteroatoms. The third-order valence-corrected chi connectivity index (χ3v) is 2.25. The van der Waals surface area contributed by atoms with Crippen molar-refractivity contribution in [1.82, 2.24) is 15.3 Å². The maximum absolute atomic E-state index is 11.5. The summed E-state index contributed by atoms with van der Waals surface area (Å²) in [7, 11) is 0. The van der Waals surface area contributed by atoms with Gasteiger partial charge in [0.15, 0.2) is 0 Å². The Balaban J connectivity index is 2.43. The average molecular weight is 196 g/mol. The Kier molecular flexibility index (Phi) is 3.24. The standard InChI is InChI=1S/C9H16N4O/c1-3-9(2,10)8(14)12-5-7-4-11-6-13-7/h4,6H,3,5,10H2,1-2H3,(H,11,13)(H,12,14). The van der Waals surface area contributed by atoms with Crippen LogP contribution in [-0.4, -0.2) is 21.4 Å². The van der Waals surface area contributed by atoms with Crippen molar-refractivity contribution in [3.05, 3.63) is 18.2 Å². The maximum atomic E-state index is 11.5. The van der Waals surface area contributed by atoms with Gasteiger partial charge in [0.1, 0.15) is 0 Å². The fraction of sp³-hybridized carbons (Fsp3) is 0.556. The predicted molar refractivity (Wildman–Crippen MR) is 53.3 cm³/mol. The number of H-pyrrole nitrogens is 1. The number of aromatic amines is 1. The molecule has 14 heavy (non-hydrogen) atoms. The summed E-state index contributed by atoms with van der Waals surface area (Å²) in [5.74, 6) is -0.144. The summed E-state index contributed by atoms with van der Waals surface area (Å²) in [4.78, 5) is 18.3. The van der Waals surface area contributed by atoms with Gasteiger partial charge in [0.05, 0.1) is 24.1 Å². The molecule has 1 amide bonds. The maximum Gasteiger partial charge on any atom is 0.240 e. The fourth-order valence-corrected chi connectivity index (χ4v) is 0.919. The van der Waals surface area contributed by atoms with Crippen LogP contribution in [0.4, 0.5) is 0 Å². The first-order chi connectivity index (χ1) is 6.56.